The van der Waals surface area contributed by atoms with Crippen molar-refractivity contribution in [2.24, 2.45) is 0 Å². The summed E-state index contributed by atoms with van der Waals surface area (Å²) in [4.78, 5) is 24.3. The molecule has 0 spiro atoms. The second kappa shape index (κ2) is 10.5. The van der Waals surface area contributed by atoms with Gasteiger partial charge >= 0.3 is 0 Å². The first-order valence-electron chi connectivity index (χ1n) is 9.99. The van der Waals surface area contributed by atoms with Crippen molar-refractivity contribution in [3.63, 3.8) is 0 Å². The molecule has 32 heavy (non-hydrogen) atoms. The Balaban J connectivity index is 1.63. The average molecular weight is 466 g/mol. The third kappa shape index (κ3) is 5.81. The van der Waals surface area contributed by atoms with Crippen LogP contribution in [0.5, 0.6) is 5.75 Å². The number of halogens is 1. The van der Waals surface area contributed by atoms with Gasteiger partial charge in [0, 0.05) is 18.8 Å². The van der Waals surface area contributed by atoms with Gasteiger partial charge in [-0.1, -0.05) is 0 Å². The SMILES string of the molecule is CCOc1ccc(NC(=O)CNC(=O)c2cc(S(=O)(=O)N3CCOCC3)ccc2F)cc1. The van der Waals surface area contributed by atoms with Gasteiger partial charge in [0.2, 0.25) is 15.9 Å². The third-order valence-electron chi connectivity index (χ3n) is 4.65. The van der Waals surface area contributed by atoms with Gasteiger partial charge in [0.05, 0.1) is 36.8 Å². The summed E-state index contributed by atoms with van der Waals surface area (Å²) in [7, 11) is -3.90. The Hall–Kier alpha value is -3.02. The van der Waals surface area contributed by atoms with Gasteiger partial charge in [0.25, 0.3) is 5.91 Å². The van der Waals surface area contributed by atoms with Gasteiger partial charge in [-0.15, -0.1) is 0 Å². The van der Waals surface area contributed by atoms with E-state index in [4.69, 9.17) is 9.47 Å². The number of rotatable bonds is 8. The molecule has 0 aromatic heterocycles. The molecule has 11 heteroatoms. The normalized spacial score (nSPS) is 14.6. The summed E-state index contributed by atoms with van der Waals surface area (Å²) < 4.78 is 51.4. The van der Waals surface area contributed by atoms with Crippen LogP contribution >= 0.6 is 0 Å². The smallest absolute Gasteiger partial charge is 0.254 e. The maximum absolute atomic E-state index is 14.2. The Kier molecular flexibility index (Phi) is 7.78. The van der Waals surface area contributed by atoms with Crippen molar-refractivity contribution in [2.75, 3.05) is 44.8 Å². The maximum atomic E-state index is 14.2. The second-order valence-electron chi connectivity index (χ2n) is 6.85. The highest BCUT2D eigenvalue weighted by Gasteiger charge is 2.28. The van der Waals surface area contributed by atoms with E-state index in [1.54, 1.807) is 24.3 Å². The van der Waals surface area contributed by atoms with Crippen LogP contribution in [0, 0.1) is 5.82 Å². The highest BCUT2D eigenvalue weighted by atomic mass is 32.2. The van der Waals surface area contributed by atoms with Gasteiger partial charge in [0.1, 0.15) is 11.6 Å². The molecule has 0 bridgehead atoms. The van der Waals surface area contributed by atoms with Crippen molar-refractivity contribution < 1.29 is 31.9 Å². The van der Waals surface area contributed by atoms with Crippen LogP contribution in [0.25, 0.3) is 0 Å². The number of benzene rings is 2. The number of hydrogen-bond acceptors (Lipinski definition) is 6. The van der Waals surface area contributed by atoms with Crippen molar-refractivity contribution in [3.8, 4) is 5.75 Å². The summed E-state index contributed by atoms with van der Waals surface area (Å²) in [6.07, 6.45) is 0. The highest BCUT2D eigenvalue weighted by molar-refractivity contribution is 7.89. The van der Waals surface area contributed by atoms with Crippen LogP contribution in [0.2, 0.25) is 0 Å². The van der Waals surface area contributed by atoms with Crippen molar-refractivity contribution >= 4 is 27.5 Å². The summed E-state index contributed by atoms with van der Waals surface area (Å²) in [6.45, 7) is 2.82. The van der Waals surface area contributed by atoms with E-state index in [1.165, 1.54) is 4.31 Å². The monoisotopic (exact) mass is 465 g/mol. The fraction of sp³-hybridized carbons (Fsp3) is 0.333. The molecule has 0 aliphatic carbocycles. The number of carbonyl (C=O) groups is 2. The lowest BCUT2D eigenvalue weighted by atomic mass is 10.2. The molecule has 1 heterocycles. The van der Waals surface area contributed by atoms with E-state index in [0.717, 1.165) is 18.2 Å². The first-order chi connectivity index (χ1) is 15.3. The Morgan fingerprint density at radius 1 is 1.12 bits per heavy atom. The molecule has 2 aromatic rings. The highest BCUT2D eigenvalue weighted by Crippen LogP contribution is 2.20. The van der Waals surface area contributed by atoms with Gasteiger partial charge in [0.15, 0.2) is 0 Å². The molecule has 0 radical (unpaired) electrons. The molecule has 1 fully saturated rings. The molecule has 1 aliphatic heterocycles. The number of anilines is 1. The van der Waals surface area contributed by atoms with Crippen LogP contribution in [0.1, 0.15) is 17.3 Å². The summed E-state index contributed by atoms with van der Waals surface area (Å²) in [5.41, 5.74) is 0.0330. The minimum atomic E-state index is -3.90. The molecule has 1 saturated heterocycles. The zero-order valence-corrected chi connectivity index (χ0v) is 18.3. The van der Waals surface area contributed by atoms with Crippen LogP contribution in [0.15, 0.2) is 47.4 Å². The molecule has 2 aromatic carbocycles. The molecule has 2 amide bonds. The Bertz CT molecular complexity index is 1070. The molecule has 0 unspecified atom stereocenters. The number of ether oxygens (including phenoxy) is 2. The summed E-state index contributed by atoms with van der Waals surface area (Å²) in [5, 5.41) is 4.90. The fourth-order valence-electron chi connectivity index (χ4n) is 3.04. The minimum Gasteiger partial charge on any atom is -0.494 e. The Morgan fingerprint density at radius 2 is 1.81 bits per heavy atom. The van der Waals surface area contributed by atoms with Crippen LogP contribution in [-0.2, 0) is 19.6 Å². The van der Waals surface area contributed by atoms with Crippen LogP contribution < -0.4 is 15.4 Å². The predicted molar refractivity (Wildman–Crippen MR) is 115 cm³/mol. The number of amides is 2. The van der Waals surface area contributed by atoms with E-state index >= 15 is 0 Å². The fourth-order valence-corrected chi connectivity index (χ4v) is 4.47. The largest absolute Gasteiger partial charge is 0.494 e. The third-order valence-corrected chi connectivity index (χ3v) is 6.54. The van der Waals surface area contributed by atoms with Crippen molar-refractivity contribution in [2.45, 2.75) is 11.8 Å². The van der Waals surface area contributed by atoms with E-state index in [-0.39, 0.29) is 31.2 Å². The van der Waals surface area contributed by atoms with Gasteiger partial charge in [-0.2, -0.15) is 4.31 Å². The number of carbonyl (C=O) groups excluding carboxylic acids is 2. The van der Waals surface area contributed by atoms with E-state index < -0.39 is 39.8 Å². The number of morpholine rings is 1. The lowest BCUT2D eigenvalue weighted by Gasteiger charge is -2.26. The number of hydrogen-bond donors (Lipinski definition) is 2. The van der Waals surface area contributed by atoms with E-state index in [1.807, 2.05) is 6.92 Å². The zero-order valence-electron chi connectivity index (χ0n) is 17.5. The lowest BCUT2D eigenvalue weighted by molar-refractivity contribution is -0.115. The van der Waals surface area contributed by atoms with Crippen LogP contribution in [0.3, 0.4) is 0 Å². The lowest BCUT2D eigenvalue weighted by Crippen LogP contribution is -2.40. The average Bonchev–Trinajstić information content (AvgIpc) is 2.79. The molecule has 3 rings (SSSR count). The summed E-state index contributed by atoms with van der Waals surface area (Å²) in [6, 6.07) is 9.66. The number of nitrogens with one attached hydrogen (secondary N) is 2. The number of nitrogens with zero attached hydrogens (tertiary/aromatic N) is 1. The number of sulfonamides is 1. The molecule has 172 valence electrons. The minimum absolute atomic E-state index is 0.174. The predicted octanol–water partition coefficient (Wildman–Crippen LogP) is 1.61. The van der Waals surface area contributed by atoms with E-state index in [9.17, 15) is 22.4 Å². The van der Waals surface area contributed by atoms with Crippen LogP contribution in [-0.4, -0.2) is 64.0 Å². The molecule has 9 nitrogen and oxygen atoms in total. The maximum Gasteiger partial charge on any atom is 0.254 e. The van der Waals surface area contributed by atoms with Gasteiger partial charge in [-0.3, -0.25) is 9.59 Å². The topological polar surface area (TPSA) is 114 Å². The second-order valence-corrected chi connectivity index (χ2v) is 8.78. The van der Waals surface area contributed by atoms with E-state index in [2.05, 4.69) is 10.6 Å². The molecule has 2 N–H and O–H groups in total. The van der Waals surface area contributed by atoms with Crippen molar-refractivity contribution in [1.29, 1.82) is 0 Å². The summed E-state index contributed by atoms with van der Waals surface area (Å²) >= 11 is 0. The van der Waals surface area contributed by atoms with E-state index in [0.29, 0.717) is 18.0 Å². The quantitative estimate of drug-likeness (QED) is 0.612. The first-order valence-corrected chi connectivity index (χ1v) is 11.4. The van der Waals surface area contributed by atoms with Gasteiger partial charge < -0.3 is 20.1 Å². The Labute approximate surface area is 185 Å². The molecular formula is C21H24FN3O6S. The molecule has 0 saturated carbocycles. The molecule has 0 atom stereocenters. The Morgan fingerprint density at radius 3 is 2.47 bits per heavy atom. The summed E-state index contributed by atoms with van der Waals surface area (Å²) in [5.74, 6) is -1.67. The first kappa shape index (κ1) is 23.6. The molecular weight excluding hydrogens is 441 g/mol. The van der Waals surface area contributed by atoms with Crippen LogP contribution in [0.4, 0.5) is 10.1 Å². The van der Waals surface area contributed by atoms with Gasteiger partial charge in [-0.25, -0.2) is 12.8 Å². The molecule has 1 aliphatic rings. The zero-order chi connectivity index (χ0) is 23.1. The van der Waals surface area contributed by atoms with Gasteiger partial charge in [-0.05, 0) is 49.4 Å². The van der Waals surface area contributed by atoms with Crippen molar-refractivity contribution in [3.05, 3.63) is 53.8 Å². The standard InChI is InChI=1S/C21H24FN3O6S/c1-2-31-16-5-3-15(4-6-16)24-20(26)14-23-21(27)18-13-17(7-8-19(18)22)32(28,29)25-9-11-30-12-10-25/h3-8,13H,2,9-12,14H2,1H3,(H,23,27)(H,24,26). The van der Waals surface area contributed by atoms with Crippen molar-refractivity contribution in [1.82, 2.24) is 9.62 Å².